The van der Waals surface area contributed by atoms with Gasteiger partial charge in [0.05, 0.1) is 11.3 Å². The van der Waals surface area contributed by atoms with Gasteiger partial charge in [0, 0.05) is 31.0 Å². The fraction of sp³-hybridized carbons (Fsp3) is 0.188. The Morgan fingerprint density at radius 2 is 2.10 bits per heavy atom. The molecule has 0 bridgehead atoms. The highest BCUT2D eigenvalue weighted by Crippen LogP contribution is 2.17. The molecule has 1 aliphatic heterocycles. The number of benzene rings is 1. The van der Waals surface area contributed by atoms with E-state index in [9.17, 15) is 4.79 Å². The number of pyridine rings is 1. The van der Waals surface area contributed by atoms with Crippen molar-refractivity contribution in [3.63, 3.8) is 0 Å². The summed E-state index contributed by atoms with van der Waals surface area (Å²) in [5.41, 5.74) is 2.19. The third-order valence-electron chi connectivity index (χ3n) is 3.25. The zero-order valence-corrected chi connectivity index (χ0v) is 11.5. The number of hydrogen-bond acceptors (Lipinski definition) is 4. The minimum absolute atomic E-state index is 0.174. The van der Waals surface area contributed by atoms with Crippen molar-refractivity contribution in [2.45, 2.75) is 6.42 Å². The number of aliphatic imine (C=N–C) groups is 1. The second-order valence-corrected chi connectivity index (χ2v) is 4.75. The Morgan fingerprint density at radius 3 is 2.86 bits per heavy atom. The first-order chi connectivity index (χ1) is 10.3. The number of carbonyl (C=O) groups is 1. The van der Waals surface area contributed by atoms with Crippen molar-refractivity contribution < 1.29 is 4.79 Å². The van der Waals surface area contributed by atoms with Gasteiger partial charge in [-0.2, -0.15) is 0 Å². The van der Waals surface area contributed by atoms with E-state index in [4.69, 9.17) is 0 Å². The molecule has 2 heterocycles. The fourth-order valence-electron chi connectivity index (χ4n) is 2.20. The van der Waals surface area contributed by atoms with Crippen molar-refractivity contribution in [1.82, 2.24) is 10.3 Å². The van der Waals surface area contributed by atoms with E-state index < -0.39 is 0 Å². The van der Waals surface area contributed by atoms with Crippen LogP contribution in [-0.2, 0) is 0 Å². The highest BCUT2D eigenvalue weighted by Gasteiger charge is 2.13. The van der Waals surface area contributed by atoms with E-state index in [0.29, 0.717) is 5.56 Å². The lowest BCUT2D eigenvalue weighted by atomic mass is 10.1. The molecule has 0 saturated heterocycles. The van der Waals surface area contributed by atoms with Crippen molar-refractivity contribution in [3.8, 4) is 0 Å². The monoisotopic (exact) mass is 280 g/mol. The van der Waals surface area contributed by atoms with Crippen LogP contribution < -0.4 is 10.6 Å². The number of carbonyl (C=O) groups excluding carboxylic acids is 1. The summed E-state index contributed by atoms with van der Waals surface area (Å²) in [4.78, 5) is 20.7. The van der Waals surface area contributed by atoms with Gasteiger partial charge in [0.15, 0.2) is 0 Å². The molecule has 1 aromatic heterocycles. The molecule has 2 aromatic rings. The van der Waals surface area contributed by atoms with Crippen LogP contribution in [0.5, 0.6) is 0 Å². The molecule has 0 radical (unpaired) electrons. The zero-order valence-electron chi connectivity index (χ0n) is 11.5. The Labute approximate surface area is 123 Å². The lowest BCUT2D eigenvalue weighted by molar-refractivity contribution is 0.102. The van der Waals surface area contributed by atoms with Crippen LogP contribution in [-0.4, -0.2) is 29.8 Å². The van der Waals surface area contributed by atoms with E-state index in [2.05, 4.69) is 20.6 Å². The van der Waals surface area contributed by atoms with Crippen LogP contribution >= 0.6 is 0 Å². The largest absolute Gasteiger partial charge is 0.370 e. The first kappa shape index (κ1) is 13.3. The minimum Gasteiger partial charge on any atom is -0.370 e. The summed E-state index contributed by atoms with van der Waals surface area (Å²) in [7, 11) is 0. The molecule has 1 aliphatic rings. The lowest BCUT2D eigenvalue weighted by Crippen LogP contribution is -2.31. The summed E-state index contributed by atoms with van der Waals surface area (Å²) in [6.07, 6.45) is 4.23. The molecule has 1 amide bonds. The van der Waals surface area contributed by atoms with Gasteiger partial charge in [-0.15, -0.1) is 0 Å². The van der Waals surface area contributed by atoms with E-state index in [0.717, 1.165) is 36.6 Å². The second-order valence-electron chi connectivity index (χ2n) is 4.75. The normalized spacial score (nSPS) is 14.0. The van der Waals surface area contributed by atoms with Crippen LogP contribution in [0.4, 0.5) is 5.69 Å². The summed E-state index contributed by atoms with van der Waals surface area (Å²) < 4.78 is 0. The van der Waals surface area contributed by atoms with E-state index in [1.807, 2.05) is 24.3 Å². The maximum Gasteiger partial charge on any atom is 0.257 e. The highest BCUT2D eigenvalue weighted by molar-refractivity contribution is 6.10. The van der Waals surface area contributed by atoms with Gasteiger partial charge in [0.1, 0.15) is 5.84 Å². The Bertz CT molecular complexity index is 667. The van der Waals surface area contributed by atoms with E-state index >= 15 is 0 Å². The molecular formula is C16H16N4O. The first-order valence-corrected chi connectivity index (χ1v) is 6.94. The summed E-state index contributed by atoms with van der Waals surface area (Å²) in [5, 5.41) is 6.20. The van der Waals surface area contributed by atoms with Gasteiger partial charge in [-0.05, 0) is 30.7 Å². The van der Waals surface area contributed by atoms with Crippen LogP contribution in [0.15, 0.2) is 53.8 Å². The predicted octanol–water partition coefficient (Wildman–Crippen LogP) is 2.07. The van der Waals surface area contributed by atoms with Gasteiger partial charge in [0.2, 0.25) is 0 Å². The Kier molecular flexibility index (Phi) is 3.91. The number of amidine groups is 1. The molecule has 0 saturated carbocycles. The maximum atomic E-state index is 12.2. The van der Waals surface area contributed by atoms with Crippen molar-refractivity contribution in [2.75, 3.05) is 18.4 Å². The van der Waals surface area contributed by atoms with Gasteiger partial charge in [-0.3, -0.25) is 14.8 Å². The van der Waals surface area contributed by atoms with E-state index in [1.165, 1.54) is 0 Å². The Balaban J connectivity index is 1.86. The molecule has 106 valence electrons. The number of anilines is 1. The minimum atomic E-state index is -0.174. The Hall–Kier alpha value is -2.69. The average Bonchev–Trinajstić information content (AvgIpc) is 2.57. The fourth-order valence-corrected chi connectivity index (χ4v) is 2.20. The van der Waals surface area contributed by atoms with Gasteiger partial charge in [-0.25, -0.2) is 0 Å². The van der Waals surface area contributed by atoms with Crippen molar-refractivity contribution in [2.24, 2.45) is 4.99 Å². The number of nitrogens with zero attached hydrogens (tertiary/aromatic N) is 2. The lowest BCUT2D eigenvalue weighted by Gasteiger charge is -2.17. The van der Waals surface area contributed by atoms with Crippen LogP contribution in [0.1, 0.15) is 22.3 Å². The SMILES string of the molecule is O=C(Nc1ccccc1C1=NCCCN1)c1cccnc1. The smallest absolute Gasteiger partial charge is 0.257 e. The molecule has 21 heavy (non-hydrogen) atoms. The summed E-state index contributed by atoms with van der Waals surface area (Å²) in [6, 6.07) is 11.1. The molecule has 5 nitrogen and oxygen atoms in total. The molecule has 3 rings (SSSR count). The summed E-state index contributed by atoms with van der Waals surface area (Å²) >= 11 is 0. The standard InChI is InChI=1S/C16H16N4O/c21-16(12-5-3-8-17-11-12)20-14-7-2-1-6-13(14)15-18-9-4-10-19-15/h1-3,5-8,11H,4,9-10H2,(H,18,19)(H,20,21). The molecule has 1 aromatic carbocycles. The average molecular weight is 280 g/mol. The molecule has 0 spiro atoms. The molecule has 0 atom stereocenters. The van der Waals surface area contributed by atoms with E-state index in [-0.39, 0.29) is 5.91 Å². The molecular weight excluding hydrogens is 264 g/mol. The van der Waals surface area contributed by atoms with Gasteiger partial charge >= 0.3 is 0 Å². The van der Waals surface area contributed by atoms with Crippen LogP contribution in [0.2, 0.25) is 0 Å². The second kappa shape index (κ2) is 6.17. The van der Waals surface area contributed by atoms with Crippen LogP contribution in [0, 0.1) is 0 Å². The molecule has 0 fully saturated rings. The number of aromatic nitrogens is 1. The third-order valence-corrected chi connectivity index (χ3v) is 3.25. The number of hydrogen-bond donors (Lipinski definition) is 2. The molecule has 2 N–H and O–H groups in total. The predicted molar refractivity (Wildman–Crippen MR) is 82.7 cm³/mol. The Morgan fingerprint density at radius 1 is 1.19 bits per heavy atom. The van der Waals surface area contributed by atoms with E-state index in [1.54, 1.807) is 24.5 Å². The molecule has 5 heteroatoms. The number of para-hydroxylation sites is 1. The quantitative estimate of drug-likeness (QED) is 0.904. The van der Waals surface area contributed by atoms with Gasteiger partial charge < -0.3 is 10.6 Å². The highest BCUT2D eigenvalue weighted by atomic mass is 16.1. The molecule has 0 aliphatic carbocycles. The number of amides is 1. The third kappa shape index (κ3) is 3.08. The molecule has 0 unspecified atom stereocenters. The number of nitrogens with one attached hydrogen (secondary N) is 2. The maximum absolute atomic E-state index is 12.2. The van der Waals surface area contributed by atoms with Crippen LogP contribution in [0.25, 0.3) is 0 Å². The first-order valence-electron chi connectivity index (χ1n) is 6.94. The van der Waals surface area contributed by atoms with Crippen molar-refractivity contribution in [3.05, 3.63) is 59.9 Å². The van der Waals surface area contributed by atoms with Gasteiger partial charge in [-0.1, -0.05) is 12.1 Å². The topological polar surface area (TPSA) is 66.4 Å². The zero-order chi connectivity index (χ0) is 14.5. The van der Waals surface area contributed by atoms with Crippen LogP contribution in [0.3, 0.4) is 0 Å². The summed E-state index contributed by atoms with van der Waals surface area (Å²) in [6.45, 7) is 1.72. The van der Waals surface area contributed by atoms with Crippen molar-refractivity contribution >= 4 is 17.4 Å². The van der Waals surface area contributed by atoms with Gasteiger partial charge in [0.25, 0.3) is 5.91 Å². The van der Waals surface area contributed by atoms with Crippen molar-refractivity contribution in [1.29, 1.82) is 0 Å². The number of rotatable bonds is 3. The summed E-state index contributed by atoms with van der Waals surface area (Å²) in [5.74, 6) is 0.662.